The van der Waals surface area contributed by atoms with Gasteiger partial charge in [-0.2, -0.15) is 0 Å². The number of hydrogen-bond donors (Lipinski definition) is 0. The number of nitrogens with zero attached hydrogens (tertiary/aromatic N) is 2. The van der Waals surface area contributed by atoms with E-state index in [9.17, 15) is 9.59 Å². The maximum atomic E-state index is 13.2. The van der Waals surface area contributed by atoms with Crippen LogP contribution in [0.4, 0.5) is 4.79 Å². The minimum absolute atomic E-state index is 0.00929. The number of epoxide rings is 1. The van der Waals surface area contributed by atoms with Crippen LogP contribution in [0.1, 0.15) is 76.7 Å². The van der Waals surface area contributed by atoms with Gasteiger partial charge in [0.2, 0.25) is 0 Å². The molecule has 37 heavy (non-hydrogen) atoms. The molecule has 7 nitrogen and oxygen atoms in total. The summed E-state index contributed by atoms with van der Waals surface area (Å²) in [6, 6.07) is 4.08. The molecule has 2 amide bonds. The SMILES string of the molecule is CN(C(=O)N1CCOCC1)[C@H]1CC[C@@]2(C)[C@H](CC[C@@H]3[C@@H]2CC[C@]2(C)[C@@H](c4ccc(=O)oc4)C[C@H]4O[C@]342)C1. The van der Waals surface area contributed by atoms with Crippen molar-refractivity contribution in [3.05, 3.63) is 34.4 Å². The Labute approximate surface area is 219 Å². The highest BCUT2D eigenvalue weighted by Gasteiger charge is 2.80. The van der Waals surface area contributed by atoms with E-state index in [-0.39, 0.29) is 22.7 Å². The van der Waals surface area contributed by atoms with Crippen LogP contribution in [-0.2, 0) is 9.47 Å². The summed E-state index contributed by atoms with van der Waals surface area (Å²) >= 11 is 0. The van der Waals surface area contributed by atoms with Crippen LogP contribution in [0.15, 0.2) is 27.6 Å². The Morgan fingerprint density at radius 2 is 1.84 bits per heavy atom. The summed E-state index contributed by atoms with van der Waals surface area (Å²) in [5, 5.41) is 0. The lowest BCUT2D eigenvalue weighted by molar-refractivity contribution is -0.133. The first-order valence-electron chi connectivity index (χ1n) is 14.6. The molecule has 2 saturated heterocycles. The molecule has 1 aromatic heterocycles. The minimum Gasteiger partial charge on any atom is -0.431 e. The molecule has 0 aromatic carbocycles. The van der Waals surface area contributed by atoms with Crippen LogP contribution in [0.5, 0.6) is 0 Å². The molecule has 202 valence electrons. The molecule has 2 aliphatic heterocycles. The second-order valence-electron chi connectivity index (χ2n) is 13.4. The van der Waals surface area contributed by atoms with Gasteiger partial charge in [-0.1, -0.05) is 13.8 Å². The molecular weight excluding hydrogens is 468 g/mol. The van der Waals surface area contributed by atoms with E-state index in [0.717, 1.165) is 19.3 Å². The zero-order valence-electron chi connectivity index (χ0n) is 22.6. The lowest BCUT2D eigenvalue weighted by Gasteiger charge is -2.61. The fraction of sp³-hybridized carbons (Fsp3) is 0.800. The summed E-state index contributed by atoms with van der Waals surface area (Å²) in [5.41, 5.74) is 1.32. The molecule has 1 spiro atoms. The van der Waals surface area contributed by atoms with E-state index in [1.54, 1.807) is 12.3 Å². The molecule has 0 unspecified atom stereocenters. The predicted octanol–water partition coefficient (Wildman–Crippen LogP) is 4.65. The lowest BCUT2D eigenvalue weighted by atomic mass is 9.44. The molecule has 6 fully saturated rings. The van der Waals surface area contributed by atoms with Gasteiger partial charge < -0.3 is 23.7 Å². The van der Waals surface area contributed by atoms with Gasteiger partial charge in [0.05, 0.1) is 25.6 Å². The largest absolute Gasteiger partial charge is 0.431 e. The fourth-order valence-corrected chi connectivity index (χ4v) is 10.2. The molecule has 6 aliphatic rings. The average molecular weight is 511 g/mol. The number of carbonyl (C=O) groups is 1. The first-order chi connectivity index (χ1) is 17.8. The van der Waals surface area contributed by atoms with Crippen LogP contribution < -0.4 is 5.63 Å². The van der Waals surface area contributed by atoms with Gasteiger partial charge in [-0.3, -0.25) is 0 Å². The van der Waals surface area contributed by atoms with Gasteiger partial charge >= 0.3 is 11.7 Å². The van der Waals surface area contributed by atoms with Crippen molar-refractivity contribution < 1.29 is 18.7 Å². The maximum Gasteiger partial charge on any atom is 0.335 e. The Balaban J connectivity index is 1.09. The van der Waals surface area contributed by atoms with Gasteiger partial charge in [-0.05, 0) is 92.1 Å². The first kappa shape index (κ1) is 24.2. The molecule has 9 atom stereocenters. The van der Waals surface area contributed by atoms with Crippen molar-refractivity contribution in [2.45, 2.75) is 88.9 Å². The summed E-state index contributed by atoms with van der Waals surface area (Å²) in [7, 11) is 2.02. The maximum absolute atomic E-state index is 13.2. The van der Waals surface area contributed by atoms with Crippen molar-refractivity contribution in [2.24, 2.45) is 28.6 Å². The molecule has 0 bridgehead atoms. The third-order valence-electron chi connectivity index (χ3n) is 12.3. The molecule has 7 rings (SSSR count). The number of carbonyl (C=O) groups excluding carboxylic acids is 1. The second kappa shape index (κ2) is 8.32. The lowest BCUT2D eigenvalue weighted by Crippen LogP contribution is -2.59. The van der Waals surface area contributed by atoms with E-state index in [1.165, 1.54) is 37.7 Å². The zero-order chi connectivity index (χ0) is 25.6. The number of urea groups is 1. The quantitative estimate of drug-likeness (QED) is 0.542. The van der Waals surface area contributed by atoms with E-state index in [1.807, 2.05) is 22.9 Å². The van der Waals surface area contributed by atoms with E-state index >= 15 is 0 Å². The summed E-state index contributed by atoms with van der Waals surface area (Å²) in [6.45, 7) is 7.75. The molecule has 4 aliphatic carbocycles. The Morgan fingerprint density at radius 3 is 2.59 bits per heavy atom. The predicted molar refractivity (Wildman–Crippen MR) is 138 cm³/mol. The minimum atomic E-state index is -0.272. The smallest absolute Gasteiger partial charge is 0.335 e. The Bertz CT molecular complexity index is 1110. The van der Waals surface area contributed by atoms with Crippen molar-refractivity contribution in [1.82, 2.24) is 9.80 Å². The number of rotatable bonds is 2. The number of morpholine rings is 1. The van der Waals surface area contributed by atoms with Crippen LogP contribution in [0.3, 0.4) is 0 Å². The van der Waals surface area contributed by atoms with Crippen molar-refractivity contribution in [3.8, 4) is 0 Å². The number of hydrogen-bond acceptors (Lipinski definition) is 5. The topological polar surface area (TPSA) is 75.5 Å². The third kappa shape index (κ3) is 3.32. The number of ether oxygens (including phenoxy) is 2. The van der Waals surface area contributed by atoms with E-state index < -0.39 is 0 Å². The van der Waals surface area contributed by atoms with Crippen molar-refractivity contribution in [2.75, 3.05) is 33.4 Å². The third-order valence-corrected chi connectivity index (χ3v) is 12.3. The van der Waals surface area contributed by atoms with Gasteiger partial charge in [-0.25, -0.2) is 9.59 Å². The summed E-state index contributed by atoms with van der Waals surface area (Å²) in [4.78, 5) is 28.8. The van der Waals surface area contributed by atoms with Gasteiger partial charge in [0.1, 0.15) is 5.60 Å². The first-order valence-corrected chi connectivity index (χ1v) is 14.6. The standard InChI is InChI=1S/C30H42N2O5/c1-28-10-8-21(31(3)27(34)32-12-14-35-15-13-32)16-20(28)5-6-23-22(28)9-11-29(2)24(17-25-30(23,29)37-25)19-4-7-26(33)36-18-19/h4,7,18,20-25H,5-6,8-17H2,1-3H3/t20-,21+,22+,23-,24-,25-,28+,29-,30-/m1/s1. The Hall–Kier alpha value is -1.86. The monoisotopic (exact) mass is 510 g/mol. The van der Waals surface area contributed by atoms with Gasteiger partial charge in [-0.15, -0.1) is 0 Å². The summed E-state index contributed by atoms with van der Waals surface area (Å²) in [6.07, 6.45) is 11.4. The zero-order valence-corrected chi connectivity index (χ0v) is 22.6. The van der Waals surface area contributed by atoms with Gasteiger partial charge in [0.25, 0.3) is 0 Å². The van der Waals surface area contributed by atoms with Crippen molar-refractivity contribution in [3.63, 3.8) is 0 Å². The van der Waals surface area contributed by atoms with Crippen molar-refractivity contribution >= 4 is 6.03 Å². The number of fused-ring (bicyclic) bond motifs is 3. The van der Waals surface area contributed by atoms with Crippen LogP contribution >= 0.6 is 0 Å². The van der Waals surface area contributed by atoms with Gasteiger partial charge in [0.15, 0.2) is 0 Å². The highest BCUT2D eigenvalue weighted by atomic mass is 16.6. The summed E-state index contributed by atoms with van der Waals surface area (Å²) < 4.78 is 17.5. The van der Waals surface area contributed by atoms with Crippen LogP contribution in [-0.4, -0.2) is 66.9 Å². The molecule has 7 heteroatoms. The van der Waals surface area contributed by atoms with Gasteiger partial charge in [0, 0.05) is 37.7 Å². The van der Waals surface area contributed by atoms with E-state index in [2.05, 4.69) is 13.8 Å². The van der Waals surface area contributed by atoms with E-state index in [4.69, 9.17) is 13.9 Å². The molecule has 0 N–H and O–H groups in total. The second-order valence-corrected chi connectivity index (χ2v) is 13.4. The average Bonchev–Trinajstić information content (AvgIpc) is 3.58. The van der Waals surface area contributed by atoms with Crippen LogP contribution in [0.2, 0.25) is 0 Å². The molecule has 3 heterocycles. The van der Waals surface area contributed by atoms with Crippen LogP contribution in [0.25, 0.3) is 0 Å². The molecule has 0 radical (unpaired) electrons. The molecule has 4 saturated carbocycles. The highest BCUT2D eigenvalue weighted by Crippen LogP contribution is 2.78. The highest BCUT2D eigenvalue weighted by molar-refractivity contribution is 5.74. The number of amides is 2. The summed E-state index contributed by atoms with van der Waals surface area (Å²) in [5.74, 6) is 2.38. The molecular formula is C30H42N2O5. The van der Waals surface area contributed by atoms with E-state index in [0.29, 0.717) is 67.5 Å². The molecule has 1 aromatic rings. The Morgan fingerprint density at radius 1 is 1.03 bits per heavy atom. The van der Waals surface area contributed by atoms with Crippen LogP contribution in [0, 0.1) is 28.6 Å². The fourth-order valence-electron chi connectivity index (χ4n) is 10.2. The Kier molecular flexibility index (Phi) is 5.44. The normalized spacial score (nSPS) is 46.3. The van der Waals surface area contributed by atoms with Crippen molar-refractivity contribution in [1.29, 1.82) is 0 Å².